The molecule has 0 aliphatic heterocycles. The van der Waals surface area contributed by atoms with Gasteiger partial charge in [-0.05, 0) is 76.0 Å². The van der Waals surface area contributed by atoms with Crippen LogP contribution in [0.1, 0.15) is 218 Å². The van der Waals surface area contributed by atoms with Crippen molar-refractivity contribution in [3.05, 3.63) is 24.3 Å². The summed E-state index contributed by atoms with van der Waals surface area (Å²) in [5, 5.41) is 17.2. The van der Waals surface area contributed by atoms with Crippen molar-refractivity contribution in [2.45, 2.75) is 218 Å². The first-order chi connectivity index (χ1) is 21.9. The van der Waals surface area contributed by atoms with Crippen LogP contribution in [0.5, 0.6) is 0 Å². The van der Waals surface area contributed by atoms with Gasteiger partial charge >= 0.3 is 11.9 Å². The molecule has 2 unspecified atom stereocenters. The van der Waals surface area contributed by atoms with Crippen molar-refractivity contribution in [2.75, 3.05) is 13.2 Å². The van der Waals surface area contributed by atoms with Gasteiger partial charge in [-0.15, -0.1) is 0 Å². The Kier molecular flexibility index (Phi) is 63.7. The third-order valence-electron chi connectivity index (χ3n) is 8.14. The van der Waals surface area contributed by atoms with Crippen LogP contribution in [0.25, 0.3) is 0 Å². The third kappa shape index (κ3) is 53.9. The average Bonchev–Trinajstić information content (AvgIpc) is 3.04. The quantitative estimate of drug-likeness (QED) is 0.0465. The van der Waals surface area contributed by atoms with E-state index in [1.54, 1.807) is 0 Å². The fraction of sp³-hybridized carbons (Fsp3) is 0.860. The highest BCUT2D eigenvalue weighted by Crippen LogP contribution is 2.14. The molecule has 0 heterocycles. The van der Waals surface area contributed by atoms with Crippen LogP contribution >= 0.6 is 0 Å². The number of carboxylic acid groups (broad SMARTS) is 1. The second kappa shape index (κ2) is 52.2. The van der Waals surface area contributed by atoms with Gasteiger partial charge in [-0.25, -0.2) is 0 Å². The van der Waals surface area contributed by atoms with Crippen molar-refractivity contribution in [3.63, 3.8) is 0 Å². The van der Waals surface area contributed by atoms with E-state index < -0.39 is 5.97 Å². The van der Waals surface area contributed by atoms with Gasteiger partial charge < -0.3 is 14.9 Å². The number of unbranched alkanes of at least 4 members (excludes halogenated alkanes) is 12. The highest BCUT2D eigenvalue weighted by Gasteiger charge is 2.09. The Bertz CT molecular complexity index is 639. The van der Waals surface area contributed by atoms with Crippen molar-refractivity contribution in [2.24, 2.45) is 11.8 Å². The van der Waals surface area contributed by atoms with E-state index in [-0.39, 0.29) is 28.2 Å². The van der Waals surface area contributed by atoms with Crippen molar-refractivity contribution >= 4 is 11.9 Å². The molecule has 0 saturated carbocycles. The van der Waals surface area contributed by atoms with E-state index >= 15 is 0 Å². The fourth-order valence-corrected chi connectivity index (χ4v) is 4.80. The number of aliphatic carboxylic acids is 1. The molecule has 5 heteroatoms. The first-order valence-corrected chi connectivity index (χ1v) is 19.1. The zero-order valence-corrected chi connectivity index (χ0v) is 31.0. The summed E-state index contributed by atoms with van der Waals surface area (Å²) in [6.45, 7) is 14.0. The standard InChI is InChI=1S/C20H38O2.C12H22O2.C8H18O.3CH4/c1-4-7-9-10-11-12-13-14-15-17-20(21)22-18-19(6-3)16-8-5-2;1-2-3-4-5-6-7-8-9-10-11-12(13)14;1-3-5-6-8(4-2)7-9;;;/h7,9,19H,4-6,8,10-18H2,1-3H3;3-4H,2,5-11H2,1H3,(H,13,14);8-9H,3-7H2,1-2H3;3*1H4/b9-7-;4-3-;;;;. The summed E-state index contributed by atoms with van der Waals surface area (Å²) in [5.74, 6) is 0.446. The lowest BCUT2D eigenvalue weighted by Crippen LogP contribution is -2.13. The molecule has 0 bridgehead atoms. The van der Waals surface area contributed by atoms with Crippen molar-refractivity contribution in [1.82, 2.24) is 0 Å². The maximum Gasteiger partial charge on any atom is 0.305 e. The summed E-state index contributed by atoms with van der Waals surface area (Å²) in [4.78, 5) is 21.9. The van der Waals surface area contributed by atoms with E-state index in [9.17, 15) is 9.59 Å². The molecule has 48 heavy (non-hydrogen) atoms. The minimum absolute atomic E-state index is 0. The predicted octanol–water partition coefficient (Wildman–Crippen LogP) is 14.3. The number of esters is 1. The van der Waals surface area contributed by atoms with Gasteiger partial charge in [-0.3, -0.25) is 9.59 Å². The maximum absolute atomic E-state index is 11.7. The van der Waals surface area contributed by atoms with E-state index in [0.717, 1.165) is 51.4 Å². The van der Waals surface area contributed by atoms with Gasteiger partial charge in [0.05, 0.1) is 6.61 Å². The second-order valence-electron chi connectivity index (χ2n) is 12.5. The lowest BCUT2D eigenvalue weighted by Gasteiger charge is -2.14. The Balaban J connectivity index is -0.000000146. The molecule has 0 aliphatic carbocycles. The Morgan fingerprint density at radius 3 is 1.38 bits per heavy atom. The molecule has 0 saturated heterocycles. The van der Waals surface area contributed by atoms with Crippen LogP contribution in [0.3, 0.4) is 0 Å². The molecule has 0 aliphatic rings. The topological polar surface area (TPSA) is 83.8 Å². The summed E-state index contributed by atoms with van der Waals surface area (Å²) in [5.41, 5.74) is 0. The monoisotopic (exact) mass is 687 g/mol. The predicted molar refractivity (Wildman–Crippen MR) is 216 cm³/mol. The SMILES string of the molecule is C.C.C.CC/C=C\CCCCCCCC(=O)O.CC/C=C\CCCCCCCC(=O)OCC(CC)CCCC.CCCCC(CC)CO. The maximum atomic E-state index is 11.7. The first-order valence-electron chi connectivity index (χ1n) is 19.1. The summed E-state index contributed by atoms with van der Waals surface area (Å²) >= 11 is 0. The van der Waals surface area contributed by atoms with Crippen LogP contribution in [-0.4, -0.2) is 35.4 Å². The number of hydrogen-bond donors (Lipinski definition) is 2. The summed E-state index contributed by atoms with van der Waals surface area (Å²) < 4.78 is 5.42. The van der Waals surface area contributed by atoms with Crippen LogP contribution in [0.2, 0.25) is 0 Å². The first kappa shape index (κ1) is 58.6. The molecule has 0 fully saturated rings. The highest BCUT2D eigenvalue weighted by atomic mass is 16.5. The smallest absolute Gasteiger partial charge is 0.305 e. The van der Waals surface area contributed by atoms with Gasteiger partial charge in [0.15, 0.2) is 0 Å². The number of ether oxygens (including phenoxy) is 1. The highest BCUT2D eigenvalue weighted by molar-refractivity contribution is 5.69. The van der Waals surface area contributed by atoms with Gasteiger partial charge in [0.25, 0.3) is 0 Å². The van der Waals surface area contributed by atoms with Crippen molar-refractivity contribution in [1.29, 1.82) is 0 Å². The molecular weight excluding hydrogens is 596 g/mol. The second-order valence-corrected chi connectivity index (χ2v) is 12.5. The van der Waals surface area contributed by atoms with Crippen molar-refractivity contribution in [3.8, 4) is 0 Å². The molecule has 5 nitrogen and oxygen atoms in total. The minimum Gasteiger partial charge on any atom is -0.481 e. The average molecular weight is 687 g/mol. The molecule has 2 N–H and O–H groups in total. The van der Waals surface area contributed by atoms with Gasteiger partial charge in [-0.1, -0.05) is 165 Å². The third-order valence-corrected chi connectivity index (χ3v) is 8.14. The number of carbonyl (C=O) groups is 2. The molecule has 0 rings (SSSR count). The Hall–Kier alpha value is -1.62. The fourth-order valence-electron chi connectivity index (χ4n) is 4.80. The van der Waals surface area contributed by atoms with E-state index in [0.29, 0.717) is 37.9 Å². The molecule has 0 aromatic rings. The number of aliphatic hydroxyl groups is 1. The van der Waals surface area contributed by atoms with Gasteiger partial charge in [0.1, 0.15) is 0 Å². The number of aliphatic hydroxyl groups excluding tert-OH is 1. The lowest BCUT2D eigenvalue weighted by molar-refractivity contribution is -0.145. The number of hydrogen-bond acceptors (Lipinski definition) is 4. The number of carbonyl (C=O) groups excluding carboxylic acids is 1. The minimum atomic E-state index is -0.670. The van der Waals surface area contributed by atoms with Crippen molar-refractivity contribution < 1.29 is 24.5 Å². The van der Waals surface area contributed by atoms with E-state index in [1.807, 2.05) is 0 Å². The summed E-state index contributed by atoms with van der Waals surface area (Å²) in [6.07, 6.45) is 35.6. The van der Waals surface area contributed by atoms with Crippen LogP contribution in [0, 0.1) is 11.8 Å². The molecule has 0 aromatic carbocycles. The Morgan fingerprint density at radius 1 is 0.562 bits per heavy atom. The van der Waals surface area contributed by atoms with Crippen LogP contribution in [0.4, 0.5) is 0 Å². The molecule has 0 spiro atoms. The molecule has 0 amide bonds. The molecule has 0 radical (unpaired) electrons. The van der Waals surface area contributed by atoms with E-state index in [4.69, 9.17) is 14.9 Å². The molecule has 292 valence electrons. The zero-order valence-electron chi connectivity index (χ0n) is 31.0. The van der Waals surface area contributed by atoms with E-state index in [2.05, 4.69) is 65.8 Å². The summed E-state index contributed by atoms with van der Waals surface area (Å²) in [6, 6.07) is 0. The number of carboxylic acids is 1. The Labute approximate surface area is 303 Å². The summed E-state index contributed by atoms with van der Waals surface area (Å²) in [7, 11) is 0. The van der Waals surface area contributed by atoms with E-state index in [1.165, 1.54) is 89.9 Å². The molecular formula is C43H90O5. The number of allylic oxidation sites excluding steroid dienone is 4. The number of rotatable bonds is 29. The van der Waals surface area contributed by atoms with Gasteiger partial charge in [-0.2, -0.15) is 0 Å². The Morgan fingerprint density at radius 2 is 0.979 bits per heavy atom. The normalized spacial score (nSPS) is 11.6. The van der Waals surface area contributed by atoms with Crippen LogP contribution < -0.4 is 0 Å². The zero-order chi connectivity index (χ0) is 34.2. The van der Waals surface area contributed by atoms with Crippen LogP contribution in [-0.2, 0) is 14.3 Å². The molecule has 2 atom stereocenters. The molecule has 0 aromatic heterocycles. The lowest BCUT2D eigenvalue weighted by atomic mass is 10.0. The van der Waals surface area contributed by atoms with Crippen LogP contribution in [0.15, 0.2) is 24.3 Å². The van der Waals surface area contributed by atoms with Gasteiger partial charge in [0.2, 0.25) is 0 Å². The van der Waals surface area contributed by atoms with Gasteiger partial charge in [0, 0.05) is 19.4 Å². The largest absolute Gasteiger partial charge is 0.481 e.